The van der Waals surface area contributed by atoms with Crippen molar-refractivity contribution < 1.29 is 61.7 Å². The van der Waals surface area contributed by atoms with E-state index in [-0.39, 0.29) is 38.1 Å². The third kappa shape index (κ3) is 22.7. The molecule has 0 saturated carbocycles. The summed E-state index contributed by atoms with van der Waals surface area (Å²) < 4.78 is 14.2. The molecule has 1 heterocycles. The van der Waals surface area contributed by atoms with Gasteiger partial charge in [0.25, 0.3) is 0 Å². The molecule has 82 heavy (non-hydrogen) atoms. The number of benzene rings is 2. The van der Waals surface area contributed by atoms with Gasteiger partial charge in [-0.3, -0.25) is 48.2 Å². The second-order valence-corrected chi connectivity index (χ2v) is 25.2. The van der Waals surface area contributed by atoms with Gasteiger partial charge in [-0.1, -0.05) is 56.6 Å². The molecule has 13 atom stereocenters. The highest BCUT2D eigenvalue weighted by Crippen LogP contribution is 2.35. The largest absolute Gasteiger partial charge is 0.492 e. The van der Waals surface area contributed by atoms with Crippen LogP contribution < -0.4 is 58.1 Å². The minimum atomic E-state index is -1.66. The minimum Gasteiger partial charge on any atom is -0.492 e. The van der Waals surface area contributed by atoms with E-state index in [0.29, 0.717) is 36.4 Å². The van der Waals surface area contributed by atoms with Crippen LogP contribution in [0, 0.1) is 6.92 Å². The van der Waals surface area contributed by atoms with Gasteiger partial charge in [0.15, 0.2) is 0 Å². The van der Waals surface area contributed by atoms with E-state index in [1.54, 1.807) is 58.2 Å². The fourth-order valence-corrected chi connectivity index (χ4v) is 10.2. The van der Waals surface area contributed by atoms with Crippen molar-refractivity contribution in [2.24, 2.45) is 5.73 Å². The van der Waals surface area contributed by atoms with E-state index < -0.39 is 118 Å². The van der Waals surface area contributed by atoms with Crippen molar-refractivity contribution in [2.75, 3.05) is 19.7 Å². The van der Waals surface area contributed by atoms with Crippen LogP contribution in [0.1, 0.15) is 90.8 Å². The SMILES string of the molecule is CC(=O)NCCCC[C@H](NC(=O)[C@H](Cc1c[nH]c2c(C)cccc12)NC(=O)[C@@H](NC(=O)[C@H](CC(N)=O)NC(=O)[C@@H](NC(C)=O)C(C)(C)SP)[C@@H](C)OP)C(=O)N[C@H](C(=O)N[C@@H](Cc1ccc(OCCNP)cc1)C(=O)OP)C(C)(C)SP. The van der Waals surface area contributed by atoms with Crippen molar-refractivity contribution in [3.8, 4) is 5.75 Å². The van der Waals surface area contributed by atoms with Gasteiger partial charge in [-0.2, -0.15) is 0 Å². The van der Waals surface area contributed by atoms with Crippen molar-refractivity contribution in [3.05, 3.63) is 65.4 Å². The third-order valence-corrected chi connectivity index (χ3v) is 19.3. The number of amides is 9. The number of hydrogen-bond donors (Lipinski definition) is 11. The lowest BCUT2D eigenvalue weighted by Crippen LogP contribution is -2.64. The van der Waals surface area contributed by atoms with E-state index in [4.69, 9.17) is 19.5 Å². The van der Waals surface area contributed by atoms with Crippen molar-refractivity contribution >= 4 is 138 Å². The standard InChI is InChI=1S/C51H80N11O13P5S2/c1-26-12-11-13-33-31(25-54-39(26)33)23-35(58-46(69)40(27(2)74-77)61-45(68)36(24-38(52)65)59-47(70)41(56-29(4)64)50(5,6)81-79)44(67)57-34(14-9-10-19-53-28(3)63)43(66)62-42(51(7,8)82-80)48(71)60-37(49(72)75-78)22-30-15-17-32(18-16-30)73-21-20-55-76/h11-13,15-18,25,27,34-37,40-42,54-55H,9-10,14,19-24,76-80H2,1-8H3,(H2,52,65)(H,53,63)(H,56,64)(H,57,67)(H,58,69)(H,59,70)(H,60,71)(H,61,68)(H,62,66)/t27-,34+,35+,36+,37+,40+,41-,42-/m1/s1. The number of carbonyl (C=O) groups is 10. The molecule has 454 valence electrons. The van der Waals surface area contributed by atoms with E-state index in [1.165, 1.54) is 43.5 Å². The van der Waals surface area contributed by atoms with Crippen LogP contribution in [0.25, 0.3) is 10.9 Å². The molecule has 0 aliphatic carbocycles. The smallest absolute Gasteiger partial charge is 0.331 e. The van der Waals surface area contributed by atoms with Gasteiger partial charge in [0.2, 0.25) is 53.2 Å². The highest BCUT2D eigenvalue weighted by molar-refractivity contribution is 8.44. The average molecular weight is 1270 g/mol. The molecule has 0 aliphatic rings. The van der Waals surface area contributed by atoms with Gasteiger partial charge in [0.1, 0.15) is 54.6 Å². The van der Waals surface area contributed by atoms with Crippen LogP contribution >= 0.6 is 68.0 Å². The number of primary amides is 1. The van der Waals surface area contributed by atoms with E-state index in [9.17, 15) is 47.9 Å². The van der Waals surface area contributed by atoms with Crippen LogP contribution in [-0.2, 0) is 69.8 Å². The Morgan fingerprint density at radius 1 is 0.671 bits per heavy atom. The number of nitrogens with two attached hydrogens (primary N) is 1. The average Bonchev–Trinajstić information content (AvgIpc) is 4.05. The molecular weight excluding hydrogens is 1190 g/mol. The summed E-state index contributed by atoms with van der Waals surface area (Å²) in [6.45, 7) is 13.9. The quantitative estimate of drug-likeness (QED) is 0.0295. The number of unbranched alkanes of at least 4 members (excludes halogenated alkanes) is 1. The molecule has 12 N–H and O–H groups in total. The summed E-state index contributed by atoms with van der Waals surface area (Å²) in [7, 11) is 11.2. The van der Waals surface area contributed by atoms with Gasteiger partial charge < -0.3 is 67.0 Å². The maximum Gasteiger partial charge on any atom is 0.331 e. The number of carbonyl (C=O) groups excluding carboxylic acids is 10. The van der Waals surface area contributed by atoms with E-state index in [0.717, 1.165) is 16.5 Å². The zero-order valence-electron chi connectivity index (χ0n) is 47.2. The number of hydrogen-bond acceptors (Lipinski definition) is 16. The highest BCUT2D eigenvalue weighted by Gasteiger charge is 2.42. The molecule has 0 saturated heterocycles. The number of aryl methyl sites for hydroxylation is 1. The Hall–Kier alpha value is -4.75. The van der Waals surface area contributed by atoms with Gasteiger partial charge in [0, 0.05) is 75.8 Å². The molecule has 9 amide bonds. The van der Waals surface area contributed by atoms with Crippen molar-refractivity contribution in [1.82, 2.24) is 52.6 Å². The zero-order chi connectivity index (χ0) is 61.5. The summed E-state index contributed by atoms with van der Waals surface area (Å²) in [5.74, 6) is -7.23. The van der Waals surface area contributed by atoms with Crippen molar-refractivity contribution in [1.29, 1.82) is 0 Å². The maximum absolute atomic E-state index is 15.0. The second-order valence-electron chi connectivity index (χ2n) is 20.3. The first-order valence-electron chi connectivity index (χ1n) is 26.0. The van der Waals surface area contributed by atoms with Gasteiger partial charge in [-0.15, -0.1) is 22.8 Å². The monoisotopic (exact) mass is 1270 g/mol. The van der Waals surface area contributed by atoms with Crippen LogP contribution in [0.2, 0.25) is 0 Å². The molecule has 24 nitrogen and oxygen atoms in total. The van der Waals surface area contributed by atoms with Gasteiger partial charge in [-0.05, 0) is 89.6 Å². The van der Waals surface area contributed by atoms with Gasteiger partial charge in [0.05, 0.1) is 22.0 Å². The highest BCUT2D eigenvalue weighted by atomic mass is 32.7. The molecule has 0 spiro atoms. The number of H-pyrrole nitrogens is 1. The Bertz CT molecular complexity index is 2710. The lowest BCUT2D eigenvalue weighted by Gasteiger charge is -2.34. The van der Waals surface area contributed by atoms with Crippen LogP contribution in [0.15, 0.2) is 48.7 Å². The van der Waals surface area contributed by atoms with Crippen molar-refractivity contribution in [3.63, 3.8) is 0 Å². The molecule has 3 rings (SSSR count). The van der Waals surface area contributed by atoms with Crippen LogP contribution in [0.5, 0.6) is 5.75 Å². The number of fused-ring (bicyclic) bond motifs is 1. The number of ether oxygens (including phenoxy) is 1. The topological polar surface area (TPSA) is 348 Å². The number of para-hydroxylation sites is 1. The molecule has 31 heteroatoms. The molecule has 0 aliphatic heterocycles. The number of rotatable bonds is 35. The summed E-state index contributed by atoms with van der Waals surface area (Å²) >= 11 is 2.35. The Morgan fingerprint density at radius 3 is 1.80 bits per heavy atom. The number of aromatic amines is 1. The van der Waals surface area contributed by atoms with Crippen LogP contribution in [-0.4, -0.2) is 142 Å². The van der Waals surface area contributed by atoms with E-state index in [1.807, 2.05) is 44.1 Å². The predicted octanol–water partition coefficient (Wildman–Crippen LogP) is 1.75. The fraction of sp³-hybridized carbons (Fsp3) is 0.529. The first kappa shape index (κ1) is 71.5. The normalized spacial score (nSPS) is 14.5. The maximum atomic E-state index is 15.0. The van der Waals surface area contributed by atoms with E-state index >= 15 is 0 Å². The summed E-state index contributed by atoms with van der Waals surface area (Å²) in [5, 5.41) is 25.0. The molecule has 2 aromatic carbocycles. The molecule has 1 aromatic heterocycles. The second kappa shape index (κ2) is 34.9. The lowest BCUT2D eigenvalue weighted by atomic mass is 9.98. The summed E-state index contributed by atoms with van der Waals surface area (Å²) in [6, 6.07) is 2.56. The summed E-state index contributed by atoms with van der Waals surface area (Å²) in [5.41, 5.74) is 8.42. The van der Waals surface area contributed by atoms with Gasteiger partial charge >= 0.3 is 5.97 Å². The van der Waals surface area contributed by atoms with Crippen molar-refractivity contribution in [2.45, 2.75) is 152 Å². The van der Waals surface area contributed by atoms with Gasteiger partial charge in [-0.25, -0.2) is 4.79 Å². The number of nitrogens with one attached hydrogen (secondary N) is 10. The minimum absolute atomic E-state index is 0.00518. The Labute approximate surface area is 498 Å². The first-order chi connectivity index (χ1) is 38.6. The molecule has 0 bridgehead atoms. The molecule has 0 radical (unpaired) electrons. The first-order valence-corrected chi connectivity index (χ1v) is 32.1. The molecular formula is C51H80N11O13P5S2. The van der Waals surface area contributed by atoms with Crippen LogP contribution in [0.3, 0.4) is 0 Å². The van der Waals surface area contributed by atoms with E-state index in [2.05, 4.69) is 78.9 Å². The predicted molar refractivity (Wildman–Crippen MR) is 334 cm³/mol. The Balaban J connectivity index is 2.07. The van der Waals surface area contributed by atoms with Crippen LogP contribution in [0.4, 0.5) is 0 Å². The Kier molecular flexibility index (Phi) is 30.4. The summed E-state index contributed by atoms with van der Waals surface area (Å²) in [6.07, 6.45) is 0.261. The lowest BCUT2D eigenvalue weighted by molar-refractivity contribution is -0.139. The fourth-order valence-electron chi connectivity index (χ4n) is 8.30. The Morgan fingerprint density at radius 2 is 1.24 bits per heavy atom. The summed E-state index contributed by atoms with van der Waals surface area (Å²) in [4.78, 5) is 140. The molecule has 3 aromatic rings. The third-order valence-electron chi connectivity index (χ3n) is 13.0. The number of aromatic nitrogens is 1. The molecule has 5 unspecified atom stereocenters. The zero-order valence-corrected chi connectivity index (χ0v) is 54.6. The molecule has 0 fully saturated rings.